The molecule has 16 heavy (non-hydrogen) atoms. The molecule has 0 bridgehead atoms. The molecule has 0 aliphatic carbocycles. The van der Waals surface area contributed by atoms with Gasteiger partial charge in [0.05, 0.1) is 5.92 Å². The van der Waals surface area contributed by atoms with Crippen LogP contribution in [0.3, 0.4) is 0 Å². The van der Waals surface area contributed by atoms with E-state index in [0.29, 0.717) is 13.0 Å². The van der Waals surface area contributed by atoms with E-state index in [2.05, 4.69) is 14.9 Å². The van der Waals surface area contributed by atoms with Gasteiger partial charge < -0.3 is 15.7 Å². The normalized spacial score (nSPS) is 20.0. The standard InChI is InChI=1S/C8H10N4O4/c9-6-5(10-16-11-6)7(13)12-2-1-4(3-12)8(14)15/h4H,1-3H2,(H2,9,11)(H,14,15). The van der Waals surface area contributed by atoms with Crippen molar-refractivity contribution in [1.82, 2.24) is 15.2 Å². The lowest BCUT2D eigenvalue weighted by atomic mass is 10.1. The third-order valence-electron chi connectivity index (χ3n) is 2.54. The van der Waals surface area contributed by atoms with Crippen molar-refractivity contribution >= 4 is 17.7 Å². The number of carbonyl (C=O) groups excluding carboxylic acids is 1. The van der Waals surface area contributed by atoms with Crippen LogP contribution in [-0.4, -0.2) is 45.3 Å². The summed E-state index contributed by atoms with van der Waals surface area (Å²) in [4.78, 5) is 23.9. The first-order valence-electron chi connectivity index (χ1n) is 4.69. The van der Waals surface area contributed by atoms with E-state index in [4.69, 9.17) is 10.8 Å². The van der Waals surface area contributed by atoms with Gasteiger partial charge in [0.2, 0.25) is 11.5 Å². The van der Waals surface area contributed by atoms with Crippen LogP contribution in [0.4, 0.5) is 5.82 Å². The summed E-state index contributed by atoms with van der Waals surface area (Å²) >= 11 is 0. The van der Waals surface area contributed by atoms with Crippen LogP contribution in [0, 0.1) is 5.92 Å². The number of carboxylic acids is 1. The van der Waals surface area contributed by atoms with Crippen molar-refractivity contribution in [3.8, 4) is 0 Å². The van der Waals surface area contributed by atoms with E-state index in [9.17, 15) is 9.59 Å². The Hall–Kier alpha value is -2.12. The highest BCUT2D eigenvalue weighted by molar-refractivity contribution is 5.96. The van der Waals surface area contributed by atoms with E-state index >= 15 is 0 Å². The molecule has 1 aliphatic heterocycles. The first-order valence-corrected chi connectivity index (χ1v) is 4.69. The molecule has 0 radical (unpaired) electrons. The predicted octanol–water partition coefficient (Wildman–Crippen LogP) is -0.802. The molecule has 8 nitrogen and oxygen atoms in total. The van der Waals surface area contributed by atoms with E-state index in [1.807, 2.05) is 0 Å². The van der Waals surface area contributed by atoms with Gasteiger partial charge in [-0.05, 0) is 16.7 Å². The molecule has 1 atom stereocenters. The summed E-state index contributed by atoms with van der Waals surface area (Å²) in [5.74, 6) is -1.95. The number of nitrogens with two attached hydrogens (primary N) is 1. The summed E-state index contributed by atoms with van der Waals surface area (Å²) in [6, 6.07) is 0. The third-order valence-corrected chi connectivity index (χ3v) is 2.54. The Morgan fingerprint density at radius 1 is 1.50 bits per heavy atom. The van der Waals surface area contributed by atoms with Gasteiger partial charge in [-0.15, -0.1) is 0 Å². The second kappa shape index (κ2) is 3.80. The van der Waals surface area contributed by atoms with E-state index in [1.165, 1.54) is 4.90 Å². The number of hydrogen-bond acceptors (Lipinski definition) is 6. The van der Waals surface area contributed by atoms with Gasteiger partial charge in [0.15, 0.2) is 0 Å². The van der Waals surface area contributed by atoms with Crippen molar-refractivity contribution in [2.24, 2.45) is 5.92 Å². The van der Waals surface area contributed by atoms with Gasteiger partial charge in [0.1, 0.15) is 0 Å². The zero-order valence-corrected chi connectivity index (χ0v) is 8.29. The molecule has 1 aromatic heterocycles. The van der Waals surface area contributed by atoms with Crippen LogP contribution in [0.25, 0.3) is 0 Å². The minimum atomic E-state index is -0.901. The van der Waals surface area contributed by atoms with Crippen molar-refractivity contribution < 1.29 is 19.3 Å². The number of aromatic nitrogens is 2. The highest BCUT2D eigenvalue weighted by Gasteiger charge is 2.33. The average molecular weight is 226 g/mol. The Morgan fingerprint density at radius 2 is 2.25 bits per heavy atom. The number of nitrogen functional groups attached to an aromatic ring is 1. The zero-order chi connectivity index (χ0) is 11.7. The Balaban J connectivity index is 2.08. The van der Waals surface area contributed by atoms with Gasteiger partial charge in [-0.25, -0.2) is 4.63 Å². The number of nitrogens with zero attached hydrogens (tertiary/aromatic N) is 3. The number of hydrogen-bond donors (Lipinski definition) is 2. The molecule has 1 aromatic rings. The van der Waals surface area contributed by atoms with Crippen LogP contribution < -0.4 is 5.73 Å². The van der Waals surface area contributed by atoms with Gasteiger partial charge in [-0.3, -0.25) is 9.59 Å². The number of amides is 1. The largest absolute Gasteiger partial charge is 0.481 e. The Bertz CT molecular complexity index is 429. The summed E-state index contributed by atoms with van der Waals surface area (Å²) in [6.45, 7) is 0.544. The lowest BCUT2D eigenvalue weighted by Crippen LogP contribution is -2.30. The van der Waals surface area contributed by atoms with E-state index in [-0.39, 0.29) is 18.1 Å². The van der Waals surface area contributed by atoms with Crippen LogP contribution in [0.1, 0.15) is 16.9 Å². The molecule has 2 heterocycles. The van der Waals surface area contributed by atoms with Crippen LogP contribution >= 0.6 is 0 Å². The number of likely N-dealkylation sites (tertiary alicyclic amines) is 1. The van der Waals surface area contributed by atoms with E-state index < -0.39 is 17.8 Å². The van der Waals surface area contributed by atoms with Gasteiger partial charge in [0.25, 0.3) is 5.91 Å². The fourth-order valence-electron chi connectivity index (χ4n) is 1.64. The van der Waals surface area contributed by atoms with Crippen molar-refractivity contribution in [1.29, 1.82) is 0 Å². The minimum Gasteiger partial charge on any atom is -0.481 e. The first kappa shape index (κ1) is 10.4. The van der Waals surface area contributed by atoms with Crippen molar-refractivity contribution in [3.63, 3.8) is 0 Å². The molecule has 2 rings (SSSR count). The molecule has 0 aromatic carbocycles. The number of anilines is 1. The summed E-state index contributed by atoms with van der Waals surface area (Å²) in [7, 11) is 0. The van der Waals surface area contributed by atoms with Gasteiger partial charge >= 0.3 is 5.97 Å². The lowest BCUT2D eigenvalue weighted by Gasteiger charge is -2.13. The fraction of sp³-hybridized carbons (Fsp3) is 0.500. The number of aliphatic carboxylic acids is 1. The maximum atomic E-state index is 11.8. The molecule has 1 aliphatic rings. The second-order valence-corrected chi connectivity index (χ2v) is 3.57. The maximum absolute atomic E-state index is 11.8. The minimum absolute atomic E-state index is 0.0639. The Kier molecular flexibility index (Phi) is 2.47. The molecule has 3 N–H and O–H groups in total. The van der Waals surface area contributed by atoms with Gasteiger partial charge in [0, 0.05) is 13.1 Å². The Labute approximate surface area is 90.0 Å². The quantitative estimate of drug-likeness (QED) is 0.676. The summed E-state index contributed by atoms with van der Waals surface area (Å²) in [5, 5.41) is 15.5. The number of carboxylic acid groups (broad SMARTS) is 1. The molecule has 1 unspecified atom stereocenters. The molecular formula is C8H10N4O4. The highest BCUT2D eigenvalue weighted by Crippen LogP contribution is 2.19. The third kappa shape index (κ3) is 1.69. The summed E-state index contributed by atoms with van der Waals surface area (Å²) in [6.07, 6.45) is 0.437. The summed E-state index contributed by atoms with van der Waals surface area (Å²) in [5.41, 5.74) is 5.31. The molecule has 86 valence electrons. The highest BCUT2D eigenvalue weighted by atomic mass is 16.6. The molecule has 0 saturated carbocycles. The second-order valence-electron chi connectivity index (χ2n) is 3.57. The molecule has 8 heteroatoms. The van der Waals surface area contributed by atoms with Crippen LogP contribution in [0.2, 0.25) is 0 Å². The summed E-state index contributed by atoms with van der Waals surface area (Å²) < 4.78 is 4.31. The van der Waals surface area contributed by atoms with Crippen molar-refractivity contribution in [2.45, 2.75) is 6.42 Å². The van der Waals surface area contributed by atoms with Crippen molar-refractivity contribution in [2.75, 3.05) is 18.8 Å². The topological polar surface area (TPSA) is 123 Å². The van der Waals surface area contributed by atoms with Crippen LogP contribution in [0.15, 0.2) is 4.63 Å². The van der Waals surface area contributed by atoms with Gasteiger partial charge in [-0.1, -0.05) is 0 Å². The predicted molar refractivity (Wildman–Crippen MR) is 50.4 cm³/mol. The molecular weight excluding hydrogens is 216 g/mol. The molecule has 0 spiro atoms. The van der Waals surface area contributed by atoms with Crippen LogP contribution in [-0.2, 0) is 4.79 Å². The maximum Gasteiger partial charge on any atom is 0.308 e. The van der Waals surface area contributed by atoms with E-state index in [1.54, 1.807) is 0 Å². The van der Waals surface area contributed by atoms with Crippen molar-refractivity contribution in [3.05, 3.63) is 5.69 Å². The Morgan fingerprint density at radius 3 is 2.75 bits per heavy atom. The SMILES string of the molecule is Nc1nonc1C(=O)N1CCC(C(=O)O)C1. The lowest BCUT2D eigenvalue weighted by molar-refractivity contribution is -0.141. The molecule has 1 saturated heterocycles. The number of carbonyl (C=O) groups is 2. The van der Waals surface area contributed by atoms with Crippen LogP contribution in [0.5, 0.6) is 0 Å². The van der Waals surface area contributed by atoms with Gasteiger partial charge in [-0.2, -0.15) is 0 Å². The average Bonchev–Trinajstić information content (AvgIpc) is 2.84. The molecule has 1 fully saturated rings. The first-order chi connectivity index (χ1) is 7.59. The smallest absolute Gasteiger partial charge is 0.308 e. The van der Waals surface area contributed by atoms with E-state index in [0.717, 1.165) is 0 Å². The molecule has 1 amide bonds. The monoisotopic (exact) mass is 226 g/mol. The fourth-order valence-corrected chi connectivity index (χ4v) is 1.64. The number of rotatable bonds is 2. The zero-order valence-electron chi connectivity index (χ0n) is 8.29.